The molecule has 1 fully saturated rings. The summed E-state index contributed by atoms with van der Waals surface area (Å²) in [6, 6.07) is 0. The first-order valence-electron chi connectivity index (χ1n) is 10.2. The zero-order valence-electron chi connectivity index (χ0n) is 16.7. The van der Waals surface area contributed by atoms with Gasteiger partial charge in [-0.1, -0.05) is 51.2 Å². The second-order valence-electron chi connectivity index (χ2n) is 7.53. The summed E-state index contributed by atoms with van der Waals surface area (Å²) in [7, 11) is 1.36. The zero-order valence-corrected chi connectivity index (χ0v) is 16.7. The molecule has 1 unspecified atom stereocenters. The lowest BCUT2D eigenvalue weighted by Gasteiger charge is -2.23. The fourth-order valence-corrected chi connectivity index (χ4v) is 3.69. The quantitative estimate of drug-likeness (QED) is 0.256. The number of hydrogen-bond donors (Lipinski definition) is 3. The Morgan fingerprint density at radius 3 is 2.56 bits per heavy atom. The molecule has 3 N–H and O–H groups in total. The van der Waals surface area contributed by atoms with Gasteiger partial charge in [-0.2, -0.15) is 0 Å². The van der Waals surface area contributed by atoms with Crippen LogP contribution in [0.3, 0.4) is 0 Å². The summed E-state index contributed by atoms with van der Waals surface area (Å²) in [5.41, 5.74) is 0. The molecule has 5 atom stereocenters. The Bertz CT molecular complexity index is 475. The van der Waals surface area contributed by atoms with Crippen molar-refractivity contribution in [2.75, 3.05) is 7.11 Å². The Balaban J connectivity index is 2.49. The lowest BCUT2D eigenvalue weighted by molar-refractivity contribution is -0.140. The molecule has 0 radical (unpaired) electrons. The number of rotatable bonds is 13. The SMILES string of the molecule is CCCCC[C@H](O)C=C[C@H]1[C@H](O)CC(=O)[C@@H]1C(O)CCCCCC(=O)OC. The summed E-state index contributed by atoms with van der Waals surface area (Å²) in [6.45, 7) is 2.10. The van der Waals surface area contributed by atoms with E-state index in [-0.39, 0.29) is 18.2 Å². The predicted octanol–water partition coefficient (Wildman–Crippen LogP) is 2.53. The van der Waals surface area contributed by atoms with E-state index < -0.39 is 30.1 Å². The number of carbonyl (C=O) groups is 2. The van der Waals surface area contributed by atoms with Gasteiger partial charge >= 0.3 is 5.97 Å². The lowest BCUT2D eigenvalue weighted by atomic mass is 9.86. The summed E-state index contributed by atoms with van der Waals surface area (Å²) >= 11 is 0. The number of Topliss-reactive ketones (excluding diaryl/α,β-unsaturated/α-hetero) is 1. The van der Waals surface area contributed by atoms with Crippen LogP contribution in [0.5, 0.6) is 0 Å². The molecule has 0 aromatic rings. The smallest absolute Gasteiger partial charge is 0.305 e. The topological polar surface area (TPSA) is 104 Å². The van der Waals surface area contributed by atoms with Crippen molar-refractivity contribution in [3.05, 3.63) is 12.2 Å². The Morgan fingerprint density at radius 2 is 1.89 bits per heavy atom. The van der Waals surface area contributed by atoms with Crippen molar-refractivity contribution < 1.29 is 29.6 Å². The summed E-state index contributed by atoms with van der Waals surface area (Å²) in [5, 5.41) is 30.7. The van der Waals surface area contributed by atoms with Gasteiger partial charge in [0.25, 0.3) is 0 Å². The molecule has 0 bridgehead atoms. The van der Waals surface area contributed by atoms with Gasteiger partial charge in [-0.05, 0) is 19.3 Å². The minimum Gasteiger partial charge on any atom is -0.469 e. The molecule has 0 aliphatic heterocycles. The van der Waals surface area contributed by atoms with Gasteiger partial charge in [0.2, 0.25) is 0 Å². The Kier molecular flexibility index (Phi) is 11.5. The van der Waals surface area contributed by atoms with Crippen LogP contribution in [0.15, 0.2) is 12.2 Å². The molecule has 0 amide bonds. The molecular formula is C21H36O6. The third-order valence-electron chi connectivity index (χ3n) is 5.32. The van der Waals surface area contributed by atoms with E-state index in [1.165, 1.54) is 7.11 Å². The van der Waals surface area contributed by atoms with Gasteiger partial charge in [0.15, 0.2) is 0 Å². The van der Waals surface area contributed by atoms with Crippen LogP contribution < -0.4 is 0 Å². The molecule has 0 heterocycles. The fourth-order valence-electron chi connectivity index (χ4n) is 3.69. The number of esters is 1. The van der Waals surface area contributed by atoms with Crippen molar-refractivity contribution in [3.63, 3.8) is 0 Å². The van der Waals surface area contributed by atoms with Crippen LogP contribution in [-0.4, -0.2) is 52.5 Å². The summed E-state index contributed by atoms with van der Waals surface area (Å²) in [6.07, 6.45) is 7.90. The van der Waals surface area contributed by atoms with Gasteiger partial charge in [0.05, 0.1) is 31.3 Å². The van der Waals surface area contributed by atoms with Crippen LogP contribution in [0.1, 0.15) is 71.1 Å². The average molecular weight is 385 g/mol. The Hall–Kier alpha value is -1.24. The van der Waals surface area contributed by atoms with Crippen LogP contribution in [0.2, 0.25) is 0 Å². The number of methoxy groups -OCH3 is 1. The van der Waals surface area contributed by atoms with Gasteiger partial charge in [-0.15, -0.1) is 0 Å². The average Bonchev–Trinajstić information content (AvgIpc) is 2.92. The molecule has 6 heteroatoms. The number of unbranched alkanes of at least 4 members (excludes halogenated alkanes) is 4. The second-order valence-corrected chi connectivity index (χ2v) is 7.53. The monoisotopic (exact) mass is 384 g/mol. The van der Waals surface area contributed by atoms with E-state index >= 15 is 0 Å². The van der Waals surface area contributed by atoms with Crippen molar-refractivity contribution in [2.24, 2.45) is 11.8 Å². The van der Waals surface area contributed by atoms with E-state index in [9.17, 15) is 24.9 Å². The van der Waals surface area contributed by atoms with Crippen LogP contribution >= 0.6 is 0 Å². The summed E-state index contributed by atoms with van der Waals surface area (Å²) in [4.78, 5) is 23.3. The standard InChI is InChI=1S/C21H36O6/c1-3-4-6-9-15(22)12-13-16-18(24)14-19(25)21(16)17(23)10-7-5-8-11-20(26)27-2/h12-13,15-18,21-24H,3-11,14H2,1-2H3/t15-,16-,17?,18+,21-/m0/s1. The normalized spacial score (nSPS) is 25.1. The molecule has 156 valence electrons. The first-order valence-corrected chi connectivity index (χ1v) is 10.2. The van der Waals surface area contributed by atoms with Gasteiger partial charge < -0.3 is 20.1 Å². The second kappa shape index (κ2) is 13.0. The van der Waals surface area contributed by atoms with E-state index in [1.807, 2.05) is 0 Å². The van der Waals surface area contributed by atoms with E-state index in [4.69, 9.17) is 0 Å². The molecule has 1 aliphatic rings. The van der Waals surface area contributed by atoms with Gasteiger partial charge in [0.1, 0.15) is 5.78 Å². The van der Waals surface area contributed by atoms with Crippen molar-refractivity contribution in [1.82, 2.24) is 0 Å². The largest absolute Gasteiger partial charge is 0.469 e. The van der Waals surface area contributed by atoms with Crippen LogP contribution in [0, 0.1) is 11.8 Å². The van der Waals surface area contributed by atoms with Gasteiger partial charge in [0, 0.05) is 18.8 Å². The van der Waals surface area contributed by atoms with Crippen LogP contribution in [-0.2, 0) is 14.3 Å². The molecule has 0 spiro atoms. The number of aliphatic hydroxyl groups excluding tert-OH is 3. The fraction of sp³-hybridized carbons (Fsp3) is 0.810. The molecule has 0 saturated heterocycles. The highest BCUT2D eigenvalue weighted by Gasteiger charge is 2.43. The molecular weight excluding hydrogens is 348 g/mol. The summed E-state index contributed by atoms with van der Waals surface area (Å²) < 4.78 is 4.59. The number of carbonyl (C=O) groups excluding carboxylic acids is 2. The van der Waals surface area contributed by atoms with Gasteiger partial charge in [-0.25, -0.2) is 0 Å². The predicted molar refractivity (Wildman–Crippen MR) is 103 cm³/mol. The molecule has 27 heavy (non-hydrogen) atoms. The van der Waals surface area contributed by atoms with Crippen LogP contribution in [0.25, 0.3) is 0 Å². The molecule has 1 aliphatic carbocycles. The lowest BCUT2D eigenvalue weighted by Crippen LogP contribution is -2.30. The Morgan fingerprint density at radius 1 is 1.19 bits per heavy atom. The molecule has 1 rings (SSSR count). The van der Waals surface area contributed by atoms with E-state index in [1.54, 1.807) is 12.2 Å². The Labute approximate surface area is 162 Å². The highest BCUT2D eigenvalue weighted by molar-refractivity contribution is 5.85. The summed E-state index contributed by atoms with van der Waals surface area (Å²) in [5.74, 6) is -1.45. The number of aliphatic hydroxyl groups is 3. The van der Waals surface area contributed by atoms with E-state index in [0.717, 1.165) is 25.7 Å². The minimum atomic E-state index is -0.820. The third-order valence-corrected chi connectivity index (χ3v) is 5.32. The van der Waals surface area contributed by atoms with Crippen molar-refractivity contribution in [1.29, 1.82) is 0 Å². The zero-order chi connectivity index (χ0) is 20.2. The highest BCUT2D eigenvalue weighted by atomic mass is 16.5. The van der Waals surface area contributed by atoms with E-state index in [2.05, 4.69) is 11.7 Å². The molecule has 0 aromatic carbocycles. The van der Waals surface area contributed by atoms with Crippen LogP contribution in [0.4, 0.5) is 0 Å². The highest BCUT2D eigenvalue weighted by Crippen LogP contribution is 2.34. The molecule has 1 saturated carbocycles. The number of hydrogen-bond acceptors (Lipinski definition) is 6. The first-order chi connectivity index (χ1) is 12.9. The van der Waals surface area contributed by atoms with Crippen molar-refractivity contribution >= 4 is 11.8 Å². The molecule has 0 aromatic heterocycles. The maximum absolute atomic E-state index is 12.2. The number of ketones is 1. The molecule has 6 nitrogen and oxygen atoms in total. The maximum Gasteiger partial charge on any atom is 0.305 e. The number of ether oxygens (including phenoxy) is 1. The van der Waals surface area contributed by atoms with Crippen molar-refractivity contribution in [3.8, 4) is 0 Å². The maximum atomic E-state index is 12.2. The van der Waals surface area contributed by atoms with Gasteiger partial charge in [-0.3, -0.25) is 9.59 Å². The third kappa shape index (κ3) is 8.54. The first kappa shape index (κ1) is 23.8. The van der Waals surface area contributed by atoms with Crippen molar-refractivity contribution in [2.45, 2.75) is 89.4 Å². The minimum absolute atomic E-state index is 0.0466. The van der Waals surface area contributed by atoms with E-state index in [0.29, 0.717) is 32.1 Å².